The molecule has 0 saturated heterocycles. The van der Waals surface area contributed by atoms with Gasteiger partial charge >= 0.3 is 0 Å². The lowest BCUT2D eigenvalue weighted by Crippen LogP contribution is -2.34. The number of benzene rings is 1. The van der Waals surface area contributed by atoms with E-state index >= 15 is 0 Å². The molecule has 4 rings (SSSR count). The van der Waals surface area contributed by atoms with Crippen LogP contribution < -0.4 is 5.73 Å². The van der Waals surface area contributed by atoms with Crippen LogP contribution in [0.2, 0.25) is 5.02 Å². The Balaban J connectivity index is 0.00000132. The maximum atomic E-state index is 6.32. The van der Waals surface area contributed by atoms with Crippen LogP contribution in [0.1, 0.15) is 31.1 Å². The zero-order valence-electron chi connectivity index (χ0n) is 11.4. The fraction of sp³-hybridized carbons (Fsp3) is 0.467. The predicted octanol–water partition coefficient (Wildman–Crippen LogP) is 3.65. The van der Waals surface area contributed by atoms with Crippen molar-refractivity contribution in [3.8, 4) is 11.4 Å². The van der Waals surface area contributed by atoms with E-state index in [9.17, 15) is 0 Å². The van der Waals surface area contributed by atoms with Crippen molar-refractivity contribution < 1.29 is 4.52 Å². The van der Waals surface area contributed by atoms with E-state index in [2.05, 4.69) is 10.1 Å². The van der Waals surface area contributed by atoms with Crippen molar-refractivity contribution in [3.63, 3.8) is 0 Å². The van der Waals surface area contributed by atoms with Crippen molar-refractivity contribution >= 4 is 24.0 Å². The van der Waals surface area contributed by atoms with E-state index < -0.39 is 0 Å². The van der Waals surface area contributed by atoms with Gasteiger partial charge in [-0.3, -0.25) is 0 Å². The summed E-state index contributed by atoms with van der Waals surface area (Å²) in [5.41, 5.74) is 7.20. The molecule has 2 aliphatic carbocycles. The van der Waals surface area contributed by atoms with E-state index in [4.69, 9.17) is 21.9 Å². The molecule has 0 amide bonds. The topological polar surface area (TPSA) is 64.9 Å². The Morgan fingerprint density at radius 2 is 2.05 bits per heavy atom. The van der Waals surface area contributed by atoms with Gasteiger partial charge in [0.2, 0.25) is 11.7 Å². The molecular formula is C15H17Cl2N3O. The third-order valence-corrected chi connectivity index (χ3v) is 5.03. The van der Waals surface area contributed by atoms with Crippen molar-refractivity contribution in [1.29, 1.82) is 0 Å². The predicted molar refractivity (Wildman–Crippen MR) is 83.5 cm³/mol. The van der Waals surface area contributed by atoms with Gasteiger partial charge in [0.05, 0.1) is 5.92 Å². The highest BCUT2D eigenvalue weighted by Gasteiger charge is 2.48. The van der Waals surface area contributed by atoms with Crippen LogP contribution in [0.4, 0.5) is 0 Å². The Morgan fingerprint density at radius 3 is 2.76 bits per heavy atom. The number of halogens is 2. The smallest absolute Gasteiger partial charge is 0.231 e. The van der Waals surface area contributed by atoms with Crippen LogP contribution in [0, 0.1) is 11.8 Å². The third-order valence-electron chi connectivity index (χ3n) is 4.79. The second-order valence-corrected chi connectivity index (χ2v) is 6.34. The van der Waals surface area contributed by atoms with Crippen LogP contribution in [0.15, 0.2) is 28.8 Å². The first-order chi connectivity index (χ1) is 9.72. The SMILES string of the molecule is Cl.NC1C2CCC(C2)C1c1nc(-c2cccc(Cl)c2)no1. The van der Waals surface area contributed by atoms with Gasteiger partial charge in [-0.25, -0.2) is 0 Å². The highest BCUT2D eigenvalue weighted by Crippen LogP contribution is 2.51. The summed E-state index contributed by atoms with van der Waals surface area (Å²) in [6, 6.07) is 7.66. The van der Waals surface area contributed by atoms with Gasteiger partial charge in [0.25, 0.3) is 0 Å². The molecule has 2 fully saturated rings. The zero-order valence-corrected chi connectivity index (χ0v) is 13.0. The summed E-state index contributed by atoms with van der Waals surface area (Å²) in [5.74, 6) is 2.76. The summed E-state index contributed by atoms with van der Waals surface area (Å²) in [5, 5.41) is 4.76. The van der Waals surface area contributed by atoms with Gasteiger partial charge in [-0.2, -0.15) is 4.98 Å². The molecule has 1 heterocycles. The van der Waals surface area contributed by atoms with Gasteiger partial charge in [0, 0.05) is 16.6 Å². The van der Waals surface area contributed by atoms with E-state index in [0.717, 1.165) is 5.56 Å². The molecule has 4 unspecified atom stereocenters. The molecule has 2 aromatic rings. The number of nitrogens with two attached hydrogens (primary N) is 1. The fourth-order valence-electron chi connectivity index (χ4n) is 3.82. The Kier molecular flexibility index (Phi) is 3.95. The molecule has 0 aliphatic heterocycles. The molecule has 4 nitrogen and oxygen atoms in total. The first kappa shape index (κ1) is 14.8. The van der Waals surface area contributed by atoms with Crippen molar-refractivity contribution in [3.05, 3.63) is 35.2 Å². The largest absolute Gasteiger partial charge is 0.339 e. The molecule has 0 radical (unpaired) electrons. The van der Waals surface area contributed by atoms with E-state index in [1.54, 1.807) is 0 Å². The van der Waals surface area contributed by atoms with Gasteiger partial charge in [0.1, 0.15) is 0 Å². The summed E-state index contributed by atoms with van der Waals surface area (Å²) in [4.78, 5) is 4.56. The van der Waals surface area contributed by atoms with Gasteiger partial charge in [-0.15, -0.1) is 12.4 Å². The molecule has 2 aliphatic rings. The Bertz CT molecular complexity index is 643. The fourth-order valence-corrected chi connectivity index (χ4v) is 4.01. The molecule has 21 heavy (non-hydrogen) atoms. The molecular weight excluding hydrogens is 309 g/mol. The molecule has 2 saturated carbocycles. The minimum Gasteiger partial charge on any atom is -0.339 e. The second-order valence-electron chi connectivity index (χ2n) is 5.90. The molecule has 4 atom stereocenters. The monoisotopic (exact) mass is 325 g/mol. The standard InChI is InChI=1S/C15H16ClN3O.ClH/c16-11-3-1-2-10(7-11)14-18-15(20-19-14)12-8-4-5-9(6-8)13(12)17;/h1-3,7-9,12-13H,4-6,17H2;1H. The van der Waals surface area contributed by atoms with Crippen molar-refractivity contribution in [1.82, 2.24) is 10.1 Å². The van der Waals surface area contributed by atoms with Crippen molar-refractivity contribution in [2.75, 3.05) is 0 Å². The minimum absolute atomic E-state index is 0. The van der Waals surface area contributed by atoms with Gasteiger partial charge in [-0.05, 0) is 43.2 Å². The van der Waals surface area contributed by atoms with E-state index in [0.29, 0.717) is 28.6 Å². The highest BCUT2D eigenvalue weighted by atomic mass is 35.5. The van der Waals surface area contributed by atoms with Gasteiger partial charge in [-0.1, -0.05) is 28.9 Å². The number of rotatable bonds is 2. The molecule has 2 bridgehead atoms. The zero-order chi connectivity index (χ0) is 13.7. The molecule has 1 aromatic heterocycles. The van der Waals surface area contributed by atoms with Crippen LogP contribution in [0.25, 0.3) is 11.4 Å². The Hall–Kier alpha value is -1.10. The lowest BCUT2D eigenvalue weighted by atomic mass is 9.85. The first-order valence-corrected chi connectivity index (χ1v) is 7.45. The van der Waals surface area contributed by atoms with E-state index in [1.807, 2.05) is 24.3 Å². The van der Waals surface area contributed by atoms with Crippen molar-refractivity contribution in [2.24, 2.45) is 17.6 Å². The normalized spacial score (nSPS) is 30.4. The first-order valence-electron chi connectivity index (χ1n) is 7.07. The van der Waals surface area contributed by atoms with Crippen LogP contribution in [0.3, 0.4) is 0 Å². The summed E-state index contributed by atoms with van der Waals surface area (Å²) < 4.78 is 5.48. The second kappa shape index (κ2) is 5.59. The average molecular weight is 326 g/mol. The van der Waals surface area contributed by atoms with Gasteiger partial charge < -0.3 is 10.3 Å². The number of nitrogens with zero attached hydrogens (tertiary/aromatic N) is 2. The van der Waals surface area contributed by atoms with Crippen LogP contribution in [-0.2, 0) is 0 Å². The van der Waals surface area contributed by atoms with E-state index in [-0.39, 0.29) is 24.4 Å². The lowest BCUT2D eigenvalue weighted by molar-refractivity contribution is 0.279. The summed E-state index contributed by atoms with van der Waals surface area (Å²) in [7, 11) is 0. The number of aromatic nitrogens is 2. The van der Waals surface area contributed by atoms with Crippen LogP contribution in [0.5, 0.6) is 0 Å². The lowest BCUT2D eigenvalue weighted by Gasteiger charge is -2.24. The quantitative estimate of drug-likeness (QED) is 0.915. The maximum Gasteiger partial charge on any atom is 0.231 e. The van der Waals surface area contributed by atoms with Crippen molar-refractivity contribution in [2.45, 2.75) is 31.2 Å². The number of hydrogen-bond acceptors (Lipinski definition) is 4. The average Bonchev–Trinajstić information content (AvgIpc) is 3.13. The van der Waals surface area contributed by atoms with Crippen LogP contribution >= 0.6 is 24.0 Å². The molecule has 0 spiro atoms. The molecule has 112 valence electrons. The molecule has 2 N–H and O–H groups in total. The molecule has 6 heteroatoms. The third kappa shape index (κ3) is 2.45. The number of hydrogen-bond donors (Lipinski definition) is 1. The summed E-state index contributed by atoms with van der Waals surface area (Å²) >= 11 is 6.00. The Labute approximate surface area is 134 Å². The number of fused-ring (bicyclic) bond motifs is 2. The molecule has 1 aromatic carbocycles. The maximum absolute atomic E-state index is 6.32. The summed E-state index contributed by atoms with van der Waals surface area (Å²) in [6.45, 7) is 0. The summed E-state index contributed by atoms with van der Waals surface area (Å²) in [6.07, 6.45) is 3.69. The van der Waals surface area contributed by atoms with Gasteiger partial charge in [0.15, 0.2) is 0 Å². The van der Waals surface area contributed by atoms with E-state index in [1.165, 1.54) is 19.3 Å². The van der Waals surface area contributed by atoms with Crippen LogP contribution in [-0.4, -0.2) is 16.2 Å². The highest BCUT2D eigenvalue weighted by molar-refractivity contribution is 6.30. The minimum atomic E-state index is 0. The Morgan fingerprint density at radius 1 is 1.24 bits per heavy atom.